The quantitative estimate of drug-likeness (QED) is 0.190. The Balaban J connectivity index is 1.16. The van der Waals surface area contributed by atoms with E-state index < -0.39 is 0 Å². The van der Waals surface area contributed by atoms with Gasteiger partial charge in [0.05, 0.1) is 21.3 Å². The molecule has 4 heterocycles. The fourth-order valence-electron chi connectivity index (χ4n) is 7.87. The molecule has 0 N–H and O–H groups in total. The van der Waals surface area contributed by atoms with Crippen LogP contribution in [0.5, 0.6) is 0 Å². The van der Waals surface area contributed by atoms with E-state index in [2.05, 4.69) is 144 Å². The van der Waals surface area contributed by atoms with E-state index in [1.54, 1.807) is 0 Å². The highest BCUT2D eigenvalue weighted by atomic mass is 32.1. The van der Waals surface area contributed by atoms with Gasteiger partial charge in [-0.05, 0) is 70.1 Å². The Kier molecular flexibility index (Phi) is 5.80. The maximum absolute atomic E-state index is 5.20. The predicted molar refractivity (Wildman–Crippen MR) is 210 cm³/mol. The molecule has 0 unspecified atom stereocenters. The number of rotatable bonds is 3. The molecule has 0 amide bonds. The summed E-state index contributed by atoms with van der Waals surface area (Å²) < 4.78 is 5.06. The molecule has 0 aliphatic rings. The van der Waals surface area contributed by atoms with Crippen LogP contribution in [0.3, 0.4) is 0 Å². The van der Waals surface area contributed by atoms with Crippen LogP contribution >= 0.6 is 11.3 Å². The molecule has 0 saturated heterocycles. The van der Waals surface area contributed by atoms with E-state index in [0.717, 1.165) is 38.9 Å². The zero-order valence-electron chi connectivity index (χ0n) is 26.7. The minimum absolute atomic E-state index is 0.681. The second-order valence-electron chi connectivity index (χ2n) is 12.8. The van der Waals surface area contributed by atoms with Crippen molar-refractivity contribution in [2.75, 3.05) is 0 Å². The number of para-hydroxylation sites is 1. The number of thiophene rings is 1. The monoisotopic (exact) mass is 654 g/mol. The van der Waals surface area contributed by atoms with Gasteiger partial charge in [-0.3, -0.25) is 4.98 Å². The number of nitrogens with zero attached hydrogens (tertiary/aromatic N) is 4. The molecule has 11 aromatic rings. The van der Waals surface area contributed by atoms with E-state index in [9.17, 15) is 0 Å². The summed E-state index contributed by atoms with van der Waals surface area (Å²) in [7, 11) is 0. The fourth-order valence-corrected chi connectivity index (χ4v) is 9.13. The molecule has 232 valence electrons. The van der Waals surface area contributed by atoms with E-state index in [1.807, 2.05) is 29.7 Å². The minimum atomic E-state index is 0.681. The van der Waals surface area contributed by atoms with Gasteiger partial charge >= 0.3 is 0 Å². The molecule has 5 heteroatoms. The van der Waals surface area contributed by atoms with E-state index >= 15 is 0 Å². The lowest BCUT2D eigenvalue weighted by atomic mass is 9.99. The zero-order valence-corrected chi connectivity index (χ0v) is 27.5. The van der Waals surface area contributed by atoms with Crippen molar-refractivity contribution >= 4 is 85.9 Å². The SMILES string of the molecule is c1ccc2c(-c3nc(-c4ccc(-n5c6ccccc6c6c7ccccc7c7c8ccccc8sc7c65)cc4)nc4cccnc34)cccc2c1. The van der Waals surface area contributed by atoms with E-state index in [1.165, 1.54) is 58.1 Å². The largest absolute Gasteiger partial charge is 0.308 e. The first-order chi connectivity index (χ1) is 24.8. The first kappa shape index (κ1) is 27.5. The van der Waals surface area contributed by atoms with Gasteiger partial charge < -0.3 is 4.57 Å². The molecule has 4 nitrogen and oxygen atoms in total. The first-order valence-electron chi connectivity index (χ1n) is 16.8. The molecular weight excluding hydrogens is 629 g/mol. The first-order valence-corrected chi connectivity index (χ1v) is 17.6. The number of fused-ring (bicyclic) bond motifs is 12. The molecule has 0 aliphatic heterocycles. The van der Waals surface area contributed by atoms with Gasteiger partial charge in [0, 0.05) is 49.3 Å². The molecule has 0 radical (unpaired) electrons. The molecule has 0 fully saturated rings. The number of hydrogen-bond donors (Lipinski definition) is 0. The van der Waals surface area contributed by atoms with Gasteiger partial charge in [-0.1, -0.05) is 103 Å². The van der Waals surface area contributed by atoms with Gasteiger partial charge in [0.15, 0.2) is 5.82 Å². The summed E-state index contributed by atoms with van der Waals surface area (Å²) in [6.45, 7) is 0. The Morgan fingerprint density at radius 1 is 0.520 bits per heavy atom. The highest BCUT2D eigenvalue weighted by Gasteiger charge is 2.22. The van der Waals surface area contributed by atoms with Crippen molar-refractivity contribution in [3.8, 4) is 28.3 Å². The average molecular weight is 655 g/mol. The number of pyridine rings is 1. The minimum Gasteiger partial charge on any atom is -0.308 e. The Morgan fingerprint density at radius 3 is 2.08 bits per heavy atom. The fraction of sp³-hybridized carbons (Fsp3) is 0. The van der Waals surface area contributed by atoms with Crippen molar-refractivity contribution in [2.45, 2.75) is 0 Å². The average Bonchev–Trinajstić information content (AvgIpc) is 3.75. The summed E-state index contributed by atoms with van der Waals surface area (Å²) in [5, 5.41) is 10.1. The molecule has 4 aromatic heterocycles. The number of benzene rings is 7. The normalized spacial score (nSPS) is 12.0. The van der Waals surface area contributed by atoms with Crippen LogP contribution in [0.2, 0.25) is 0 Å². The summed E-state index contributed by atoms with van der Waals surface area (Å²) in [6, 6.07) is 54.0. The van der Waals surface area contributed by atoms with Crippen LogP contribution in [0.1, 0.15) is 0 Å². The van der Waals surface area contributed by atoms with Crippen molar-refractivity contribution in [3.63, 3.8) is 0 Å². The third-order valence-electron chi connectivity index (χ3n) is 10.0. The molecule has 0 atom stereocenters. The summed E-state index contributed by atoms with van der Waals surface area (Å²) in [5.74, 6) is 0.681. The van der Waals surface area contributed by atoms with Gasteiger partial charge in [-0.15, -0.1) is 11.3 Å². The Labute approximate surface area is 290 Å². The Bertz CT molecular complexity index is 3150. The van der Waals surface area contributed by atoms with E-state index in [4.69, 9.17) is 15.0 Å². The van der Waals surface area contributed by atoms with Gasteiger partial charge in [0.25, 0.3) is 0 Å². The standard InChI is InChI=1S/C45H26N4S/c1-2-13-30-27(11-1)12-9-18-33(30)41-42-36(19-10-26-46-42)47-45(48-41)28-22-24-29(25-23-28)49-37-20-7-5-16-34(37)39-31-14-3-4-15-32(31)40-35-17-6-8-21-38(35)50-44(40)43(39)49/h1-26H. The molecule has 11 rings (SSSR count). The van der Waals surface area contributed by atoms with Crippen LogP contribution in [-0.2, 0) is 0 Å². The third-order valence-corrected chi connectivity index (χ3v) is 11.2. The smallest absolute Gasteiger partial charge is 0.160 e. The lowest BCUT2D eigenvalue weighted by Gasteiger charge is -2.12. The van der Waals surface area contributed by atoms with Gasteiger partial charge in [-0.25, -0.2) is 9.97 Å². The summed E-state index contributed by atoms with van der Waals surface area (Å²) >= 11 is 1.88. The van der Waals surface area contributed by atoms with E-state index in [0.29, 0.717) is 5.82 Å². The van der Waals surface area contributed by atoms with Crippen LogP contribution in [0.25, 0.3) is 103 Å². The van der Waals surface area contributed by atoms with Crippen molar-refractivity contribution in [2.24, 2.45) is 0 Å². The molecule has 0 aliphatic carbocycles. The summed E-state index contributed by atoms with van der Waals surface area (Å²) in [5.41, 5.74) is 8.02. The highest BCUT2D eigenvalue weighted by molar-refractivity contribution is 7.27. The van der Waals surface area contributed by atoms with Crippen LogP contribution in [0, 0.1) is 0 Å². The number of hydrogen-bond acceptors (Lipinski definition) is 4. The van der Waals surface area contributed by atoms with Gasteiger partial charge in [0.1, 0.15) is 11.2 Å². The molecule has 0 saturated carbocycles. The second kappa shape index (κ2) is 10.5. The molecule has 0 spiro atoms. The molecule has 7 aromatic carbocycles. The maximum atomic E-state index is 5.20. The highest BCUT2D eigenvalue weighted by Crippen LogP contribution is 2.47. The van der Waals surface area contributed by atoms with Crippen molar-refractivity contribution in [3.05, 3.63) is 158 Å². The molecule has 0 bridgehead atoms. The van der Waals surface area contributed by atoms with Gasteiger partial charge in [0.2, 0.25) is 0 Å². The maximum Gasteiger partial charge on any atom is 0.160 e. The van der Waals surface area contributed by atoms with Crippen molar-refractivity contribution < 1.29 is 0 Å². The number of aromatic nitrogens is 4. The predicted octanol–water partition coefficient (Wildman–Crippen LogP) is 12.1. The van der Waals surface area contributed by atoms with E-state index in [-0.39, 0.29) is 0 Å². The van der Waals surface area contributed by atoms with Crippen molar-refractivity contribution in [1.29, 1.82) is 0 Å². The van der Waals surface area contributed by atoms with Crippen LogP contribution in [-0.4, -0.2) is 19.5 Å². The lowest BCUT2D eigenvalue weighted by Crippen LogP contribution is -1.98. The second-order valence-corrected chi connectivity index (χ2v) is 13.8. The zero-order chi connectivity index (χ0) is 32.8. The van der Waals surface area contributed by atoms with Crippen molar-refractivity contribution in [1.82, 2.24) is 19.5 Å². The summed E-state index contributed by atoms with van der Waals surface area (Å²) in [6.07, 6.45) is 1.82. The Morgan fingerprint density at radius 2 is 1.22 bits per heavy atom. The van der Waals surface area contributed by atoms with Crippen LogP contribution < -0.4 is 0 Å². The summed E-state index contributed by atoms with van der Waals surface area (Å²) in [4.78, 5) is 15.0. The molecule has 50 heavy (non-hydrogen) atoms. The third kappa shape index (κ3) is 3.89. The van der Waals surface area contributed by atoms with Crippen LogP contribution in [0.15, 0.2) is 158 Å². The topological polar surface area (TPSA) is 43.6 Å². The lowest BCUT2D eigenvalue weighted by molar-refractivity contribution is 1.18. The van der Waals surface area contributed by atoms with Crippen LogP contribution in [0.4, 0.5) is 0 Å². The van der Waals surface area contributed by atoms with Gasteiger partial charge in [-0.2, -0.15) is 0 Å². The molecular formula is C45H26N4S. The Hall–Kier alpha value is -6.43.